The predicted octanol–water partition coefficient (Wildman–Crippen LogP) is 1.95. The highest BCUT2D eigenvalue weighted by molar-refractivity contribution is 7.86. The molecule has 1 unspecified atom stereocenters. The SMILES string of the molecule is O=S(=O)(OC(F)C(F)F)c1ccccc1. The standard InChI is InChI=1S/C8H7F3O3S/c9-7(10)8(11)14-15(12,13)6-4-2-1-3-5-6/h1-5,7-8H. The summed E-state index contributed by atoms with van der Waals surface area (Å²) in [6.07, 6.45) is -6.64. The van der Waals surface area contributed by atoms with E-state index in [1.165, 1.54) is 18.2 Å². The molecule has 15 heavy (non-hydrogen) atoms. The van der Waals surface area contributed by atoms with Gasteiger partial charge in [0, 0.05) is 0 Å². The van der Waals surface area contributed by atoms with Gasteiger partial charge in [0.05, 0.1) is 4.90 Å². The quantitative estimate of drug-likeness (QED) is 0.755. The van der Waals surface area contributed by atoms with Gasteiger partial charge in [-0.15, -0.1) is 0 Å². The van der Waals surface area contributed by atoms with Gasteiger partial charge >= 0.3 is 0 Å². The molecule has 0 amide bonds. The van der Waals surface area contributed by atoms with Gasteiger partial charge in [-0.3, -0.25) is 0 Å². The van der Waals surface area contributed by atoms with E-state index in [9.17, 15) is 21.6 Å². The Morgan fingerprint density at radius 1 is 1.07 bits per heavy atom. The first kappa shape index (κ1) is 12.0. The Balaban J connectivity index is 2.86. The molecule has 3 nitrogen and oxygen atoms in total. The van der Waals surface area contributed by atoms with Gasteiger partial charge in [0.15, 0.2) is 0 Å². The Hall–Kier alpha value is -1.08. The van der Waals surface area contributed by atoms with E-state index in [2.05, 4.69) is 4.18 Å². The molecule has 0 heterocycles. The summed E-state index contributed by atoms with van der Waals surface area (Å²) in [5.74, 6) is 0. The van der Waals surface area contributed by atoms with Crippen LogP contribution in [0.5, 0.6) is 0 Å². The molecule has 0 saturated heterocycles. The molecule has 0 aliphatic carbocycles. The van der Waals surface area contributed by atoms with Crippen molar-refractivity contribution >= 4 is 10.1 Å². The second-order valence-corrected chi connectivity index (χ2v) is 4.12. The van der Waals surface area contributed by atoms with Gasteiger partial charge < -0.3 is 0 Å². The zero-order valence-electron chi connectivity index (χ0n) is 7.31. The van der Waals surface area contributed by atoms with Crippen LogP contribution in [0.15, 0.2) is 35.2 Å². The number of hydrogen-bond acceptors (Lipinski definition) is 3. The third-order valence-electron chi connectivity index (χ3n) is 1.45. The summed E-state index contributed by atoms with van der Waals surface area (Å²) < 4.78 is 61.7. The lowest BCUT2D eigenvalue weighted by Gasteiger charge is -2.08. The van der Waals surface area contributed by atoms with E-state index in [-0.39, 0.29) is 4.90 Å². The molecule has 0 fully saturated rings. The molecule has 7 heteroatoms. The number of alkyl halides is 3. The minimum absolute atomic E-state index is 0.367. The second-order valence-electron chi connectivity index (χ2n) is 2.55. The molecule has 0 bridgehead atoms. The van der Waals surface area contributed by atoms with Crippen LogP contribution in [0.2, 0.25) is 0 Å². The summed E-state index contributed by atoms with van der Waals surface area (Å²) in [5, 5.41) is 0. The van der Waals surface area contributed by atoms with E-state index in [4.69, 9.17) is 0 Å². The normalized spacial score (nSPS) is 14.1. The minimum Gasteiger partial charge on any atom is -0.223 e. The largest absolute Gasteiger partial charge is 0.299 e. The fourth-order valence-electron chi connectivity index (χ4n) is 0.806. The minimum atomic E-state index is -4.46. The Labute approximate surface area is 84.6 Å². The molecule has 1 rings (SSSR count). The van der Waals surface area contributed by atoms with Crippen LogP contribution >= 0.6 is 0 Å². The lowest BCUT2D eigenvalue weighted by molar-refractivity contribution is -0.0633. The number of hydrogen-bond donors (Lipinski definition) is 0. The van der Waals surface area contributed by atoms with Gasteiger partial charge in [0.2, 0.25) is 0 Å². The van der Waals surface area contributed by atoms with E-state index in [0.29, 0.717) is 0 Å². The van der Waals surface area contributed by atoms with Crippen LogP contribution in [-0.4, -0.2) is 21.2 Å². The lowest BCUT2D eigenvalue weighted by Crippen LogP contribution is -2.21. The Morgan fingerprint density at radius 3 is 2.07 bits per heavy atom. The highest BCUT2D eigenvalue weighted by Crippen LogP contribution is 2.17. The van der Waals surface area contributed by atoms with Crippen LogP contribution in [0.1, 0.15) is 0 Å². The lowest BCUT2D eigenvalue weighted by atomic mass is 10.4. The molecule has 1 atom stereocenters. The molecule has 0 radical (unpaired) electrons. The van der Waals surface area contributed by atoms with E-state index in [0.717, 1.165) is 12.1 Å². The Bertz CT molecular complexity index is 404. The maximum atomic E-state index is 12.4. The zero-order valence-corrected chi connectivity index (χ0v) is 8.12. The fraction of sp³-hybridized carbons (Fsp3) is 0.250. The molecule has 0 saturated carbocycles. The third kappa shape index (κ3) is 3.21. The number of halogens is 3. The third-order valence-corrected chi connectivity index (χ3v) is 2.74. The summed E-state index contributed by atoms with van der Waals surface area (Å²) in [4.78, 5) is -0.367. The van der Waals surface area contributed by atoms with Crippen molar-refractivity contribution in [3.05, 3.63) is 30.3 Å². The van der Waals surface area contributed by atoms with E-state index < -0.39 is 22.9 Å². The van der Waals surface area contributed by atoms with Crippen molar-refractivity contribution in [2.75, 3.05) is 0 Å². The van der Waals surface area contributed by atoms with Crippen LogP contribution < -0.4 is 0 Å². The maximum absolute atomic E-state index is 12.4. The number of benzene rings is 1. The van der Waals surface area contributed by atoms with Crippen molar-refractivity contribution in [3.63, 3.8) is 0 Å². The highest BCUT2D eigenvalue weighted by Gasteiger charge is 2.28. The molecule has 1 aromatic carbocycles. The first-order valence-corrected chi connectivity index (χ1v) is 5.25. The first-order valence-electron chi connectivity index (χ1n) is 3.84. The van der Waals surface area contributed by atoms with Gasteiger partial charge in [-0.25, -0.2) is 17.4 Å². The van der Waals surface area contributed by atoms with Crippen LogP contribution in [0, 0.1) is 0 Å². The molecule has 84 valence electrons. The van der Waals surface area contributed by atoms with E-state index >= 15 is 0 Å². The summed E-state index contributed by atoms with van der Waals surface area (Å²) in [7, 11) is -4.46. The van der Waals surface area contributed by atoms with Gasteiger partial charge in [0.25, 0.3) is 22.9 Å². The van der Waals surface area contributed by atoms with Crippen molar-refractivity contribution in [1.82, 2.24) is 0 Å². The van der Waals surface area contributed by atoms with Crippen molar-refractivity contribution in [2.45, 2.75) is 17.7 Å². The average Bonchev–Trinajstić information content (AvgIpc) is 2.18. The second kappa shape index (κ2) is 4.63. The van der Waals surface area contributed by atoms with Gasteiger partial charge in [-0.2, -0.15) is 8.42 Å². The smallest absolute Gasteiger partial charge is 0.223 e. The number of rotatable bonds is 4. The maximum Gasteiger partial charge on any atom is 0.299 e. The van der Waals surface area contributed by atoms with Gasteiger partial charge in [-0.1, -0.05) is 18.2 Å². The molecule has 0 aromatic heterocycles. The van der Waals surface area contributed by atoms with Crippen LogP contribution in [-0.2, 0) is 14.3 Å². The first-order chi connectivity index (χ1) is 6.93. The molecule has 0 N–H and O–H groups in total. The van der Waals surface area contributed by atoms with Crippen molar-refractivity contribution in [1.29, 1.82) is 0 Å². The van der Waals surface area contributed by atoms with Crippen LogP contribution in [0.4, 0.5) is 13.2 Å². The average molecular weight is 240 g/mol. The Morgan fingerprint density at radius 2 is 1.60 bits per heavy atom. The monoisotopic (exact) mass is 240 g/mol. The van der Waals surface area contributed by atoms with E-state index in [1.807, 2.05) is 0 Å². The summed E-state index contributed by atoms with van der Waals surface area (Å²) in [5.41, 5.74) is 0. The summed E-state index contributed by atoms with van der Waals surface area (Å²) >= 11 is 0. The van der Waals surface area contributed by atoms with Crippen LogP contribution in [0.25, 0.3) is 0 Å². The molecular formula is C8H7F3O3S. The fourth-order valence-corrected chi connectivity index (χ4v) is 1.73. The van der Waals surface area contributed by atoms with Crippen molar-refractivity contribution < 1.29 is 25.8 Å². The Kier molecular flexibility index (Phi) is 3.70. The van der Waals surface area contributed by atoms with E-state index in [1.54, 1.807) is 0 Å². The molecule has 0 spiro atoms. The molecule has 1 aromatic rings. The molecule has 0 aliphatic heterocycles. The van der Waals surface area contributed by atoms with Gasteiger partial charge in [-0.05, 0) is 12.1 Å². The van der Waals surface area contributed by atoms with Crippen molar-refractivity contribution in [2.24, 2.45) is 0 Å². The topological polar surface area (TPSA) is 43.4 Å². The summed E-state index contributed by atoms with van der Waals surface area (Å²) in [6, 6.07) is 6.50. The summed E-state index contributed by atoms with van der Waals surface area (Å²) in [6.45, 7) is 0. The van der Waals surface area contributed by atoms with Crippen LogP contribution in [0.3, 0.4) is 0 Å². The molecular weight excluding hydrogens is 233 g/mol. The van der Waals surface area contributed by atoms with Crippen molar-refractivity contribution in [3.8, 4) is 0 Å². The highest BCUT2D eigenvalue weighted by atomic mass is 32.2. The zero-order chi connectivity index (χ0) is 11.5. The van der Waals surface area contributed by atoms with Gasteiger partial charge in [0.1, 0.15) is 0 Å². The predicted molar refractivity (Wildman–Crippen MR) is 45.6 cm³/mol. The molecule has 0 aliphatic rings.